The van der Waals surface area contributed by atoms with Crippen molar-refractivity contribution in [3.05, 3.63) is 66.9 Å². The highest BCUT2D eigenvalue weighted by Crippen LogP contribution is 2.33. The van der Waals surface area contributed by atoms with E-state index in [1.807, 2.05) is 30.3 Å². The lowest BCUT2D eigenvalue weighted by molar-refractivity contribution is -0.121. The first-order valence-corrected chi connectivity index (χ1v) is 10.2. The minimum absolute atomic E-state index is 0.0890. The van der Waals surface area contributed by atoms with Crippen LogP contribution >= 0.6 is 63.1 Å². The molecule has 134 valence electrons. The molecule has 0 spiro atoms. The van der Waals surface area contributed by atoms with Crippen molar-refractivity contribution in [2.75, 3.05) is 7.05 Å². The van der Waals surface area contributed by atoms with Gasteiger partial charge in [0.2, 0.25) is 0 Å². The van der Waals surface area contributed by atoms with Crippen molar-refractivity contribution in [1.29, 1.82) is 0 Å². The van der Waals surface area contributed by atoms with E-state index in [9.17, 15) is 4.79 Å². The topological polar surface area (TPSA) is 29.5 Å². The zero-order valence-corrected chi connectivity index (χ0v) is 18.2. The number of carbonyl (C=O) groups excluding carboxylic acids is 1. The van der Waals surface area contributed by atoms with Crippen molar-refractivity contribution >= 4 is 79.4 Å². The summed E-state index contributed by atoms with van der Waals surface area (Å²) in [5.74, 6) is 0.588. The SMILES string of the molecule is CN1C(=O)/C(=C/c2ccc(OCc3ccc(Cl)cc3Cl)c(Br)c2)SC1=S. The summed E-state index contributed by atoms with van der Waals surface area (Å²) in [7, 11) is 1.67. The molecule has 1 saturated heterocycles. The van der Waals surface area contributed by atoms with Crippen molar-refractivity contribution in [3.8, 4) is 5.75 Å². The molecule has 1 aliphatic rings. The third-order valence-corrected chi connectivity index (χ3v) is 6.33. The van der Waals surface area contributed by atoms with E-state index in [0.29, 0.717) is 31.6 Å². The number of rotatable bonds is 4. The van der Waals surface area contributed by atoms with E-state index < -0.39 is 0 Å². The Morgan fingerprint density at radius 1 is 1.27 bits per heavy atom. The summed E-state index contributed by atoms with van der Waals surface area (Å²) in [5, 5.41) is 1.15. The molecule has 1 heterocycles. The Kier molecular flexibility index (Phi) is 6.30. The molecule has 3 nitrogen and oxygen atoms in total. The number of halogens is 3. The smallest absolute Gasteiger partial charge is 0.265 e. The van der Waals surface area contributed by atoms with Crippen LogP contribution in [0.2, 0.25) is 10.0 Å². The Morgan fingerprint density at radius 2 is 2.04 bits per heavy atom. The van der Waals surface area contributed by atoms with Crippen LogP contribution in [0.15, 0.2) is 45.8 Å². The van der Waals surface area contributed by atoms with Crippen LogP contribution in [0.4, 0.5) is 0 Å². The first kappa shape index (κ1) is 19.7. The third-order valence-electron chi connectivity index (χ3n) is 3.64. The van der Waals surface area contributed by atoms with Crippen LogP contribution in [0.25, 0.3) is 6.08 Å². The molecule has 0 bridgehead atoms. The summed E-state index contributed by atoms with van der Waals surface area (Å²) in [4.78, 5) is 14.1. The van der Waals surface area contributed by atoms with Crippen LogP contribution in [0.3, 0.4) is 0 Å². The summed E-state index contributed by atoms with van der Waals surface area (Å²) in [6, 6.07) is 10.9. The van der Waals surface area contributed by atoms with Crippen molar-refractivity contribution < 1.29 is 9.53 Å². The normalized spacial score (nSPS) is 15.8. The maximum atomic E-state index is 12.1. The quantitative estimate of drug-likeness (QED) is 0.380. The maximum Gasteiger partial charge on any atom is 0.265 e. The average molecular weight is 489 g/mol. The minimum Gasteiger partial charge on any atom is -0.488 e. The number of hydrogen-bond acceptors (Lipinski definition) is 4. The van der Waals surface area contributed by atoms with E-state index in [-0.39, 0.29) is 5.91 Å². The number of ether oxygens (including phenoxy) is 1. The van der Waals surface area contributed by atoms with Gasteiger partial charge < -0.3 is 4.74 Å². The van der Waals surface area contributed by atoms with Crippen LogP contribution < -0.4 is 4.74 Å². The Hall–Kier alpha value is -1.05. The molecule has 1 fully saturated rings. The summed E-state index contributed by atoms with van der Waals surface area (Å²) >= 11 is 22.0. The molecule has 0 N–H and O–H groups in total. The van der Waals surface area contributed by atoms with Crippen LogP contribution in [0, 0.1) is 0 Å². The summed E-state index contributed by atoms with van der Waals surface area (Å²) < 4.78 is 7.16. The molecule has 0 aliphatic carbocycles. The fraction of sp³-hybridized carbons (Fsp3) is 0.111. The highest BCUT2D eigenvalue weighted by molar-refractivity contribution is 9.10. The number of hydrogen-bond donors (Lipinski definition) is 0. The van der Waals surface area contributed by atoms with E-state index >= 15 is 0 Å². The number of nitrogens with zero attached hydrogens (tertiary/aromatic N) is 1. The second-order valence-corrected chi connectivity index (χ2v) is 8.83. The first-order valence-electron chi connectivity index (χ1n) is 7.43. The molecule has 26 heavy (non-hydrogen) atoms. The van der Waals surface area contributed by atoms with Crippen LogP contribution in [0.5, 0.6) is 5.75 Å². The van der Waals surface area contributed by atoms with Gasteiger partial charge in [0.25, 0.3) is 5.91 Å². The number of thioether (sulfide) groups is 1. The molecule has 0 aromatic heterocycles. The van der Waals surface area contributed by atoms with Crippen LogP contribution in [-0.4, -0.2) is 22.2 Å². The number of thiocarbonyl (C=S) groups is 1. The molecular weight excluding hydrogens is 477 g/mol. The predicted molar refractivity (Wildman–Crippen MR) is 116 cm³/mol. The highest BCUT2D eigenvalue weighted by Gasteiger charge is 2.28. The largest absolute Gasteiger partial charge is 0.488 e. The zero-order chi connectivity index (χ0) is 18.8. The summed E-state index contributed by atoms with van der Waals surface area (Å²) in [6.45, 7) is 0.322. The van der Waals surface area contributed by atoms with Gasteiger partial charge >= 0.3 is 0 Å². The van der Waals surface area contributed by atoms with E-state index in [4.69, 9.17) is 40.2 Å². The lowest BCUT2D eigenvalue weighted by Crippen LogP contribution is -2.22. The standard InChI is InChI=1S/C18H12BrCl2NO2S2/c1-22-17(23)16(26-18(22)25)7-10-2-5-15(13(19)6-10)24-9-11-3-4-12(20)8-14(11)21/h2-8H,9H2,1H3/b16-7-. The molecular formula is C18H12BrCl2NO2S2. The fourth-order valence-electron chi connectivity index (χ4n) is 2.22. The molecule has 1 aliphatic heterocycles. The molecule has 0 radical (unpaired) electrons. The maximum absolute atomic E-state index is 12.1. The van der Waals surface area contributed by atoms with Gasteiger partial charge in [0.1, 0.15) is 16.7 Å². The molecule has 2 aromatic carbocycles. The van der Waals surface area contributed by atoms with E-state index in [0.717, 1.165) is 15.6 Å². The van der Waals surface area contributed by atoms with Gasteiger partial charge in [-0.2, -0.15) is 0 Å². The van der Waals surface area contributed by atoms with Crippen molar-refractivity contribution in [1.82, 2.24) is 4.90 Å². The van der Waals surface area contributed by atoms with Gasteiger partial charge in [-0.3, -0.25) is 9.69 Å². The lowest BCUT2D eigenvalue weighted by Gasteiger charge is -2.10. The zero-order valence-electron chi connectivity index (χ0n) is 13.5. The monoisotopic (exact) mass is 487 g/mol. The second kappa shape index (κ2) is 8.31. The Bertz CT molecular complexity index is 933. The van der Waals surface area contributed by atoms with Gasteiger partial charge in [0, 0.05) is 22.7 Å². The highest BCUT2D eigenvalue weighted by atomic mass is 79.9. The van der Waals surface area contributed by atoms with Gasteiger partial charge in [-0.15, -0.1) is 0 Å². The molecule has 0 saturated carbocycles. The molecule has 0 unspecified atom stereocenters. The van der Waals surface area contributed by atoms with E-state index in [1.165, 1.54) is 16.7 Å². The van der Waals surface area contributed by atoms with Gasteiger partial charge in [-0.05, 0) is 51.8 Å². The van der Waals surface area contributed by atoms with Crippen molar-refractivity contribution in [2.24, 2.45) is 0 Å². The van der Waals surface area contributed by atoms with E-state index in [1.54, 1.807) is 19.2 Å². The minimum atomic E-state index is -0.0890. The van der Waals surface area contributed by atoms with Crippen molar-refractivity contribution in [2.45, 2.75) is 6.61 Å². The Balaban J connectivity index is 1.74. The molecule has 1 amide bonds. The first-order chi connectivity index (χ1) is 12.3. The number of likely N-dealkylation sites (N-methyl/N-ethyl adjacent to an activating group) is 1. The number of amides is 1. The summed E-state index contributed by atoms with van der Waals surface area (Å²) in [6.07, 6.45) is 1.81. The lowest BCUT2D eigenvalue weighted by atomic mass is 10.2. The van der Waals surface area contributed by atoms with Crippen molar-refractivity contribution in [3.63, 3.8) is 0 Å². The van der Waals surface area contributed by atoms with Crippen LogP contribution in [-0.2, 0) is 11.4 Å². The number of carbonyl (C=O) groups is 1. The van der Waals surface area contributed by atoms with Gasteiger partial charge in [0.15, 0.2) is 0 Å². The molecule has 0 atom stereocenters. The molecule has 8 heteroatoms. The Morgan fingerprint density at radius 3 is 2.65 bits per heavy atom. The average Bonchev–Trinajstić information content (AvgIpc) is 2.82. The third kappa shape index (κ3) is 4.43. The van der Waals surface area contributed by atoms with Gasteiger partial charge in [-0.1, -0.05) is 59.3 Å². The molecule has 2 aromatic rings. The summed E-state index contributed by atoms with van der Waals surface area (Å²) in [5.41, 5.74) is 1.72. The predicted octanol–water partition coefficient (Wildman–Crippen LogP) is 6.17. The van der Waals surface area contributed by atoms with Gasteiger partial charge in [-0.25, -0.2) is 0 Å². The molecule has 3 rings (SSSR count). The Labute approximate surface area is 179 Å². The van der Waals surface area contributed by atoms with Crippen LogP contribution in [0.1, 0.15) is 11.1 Å². The second-order valence-electron chi connectivity index (χ2n) is 5.45. The van der Waals surface area contributed by atoms with E-state index in [2.05, 4.69) is 15.9 Å². The van der Waals surface area contributed by atoms with Gasteiger partial charge in [0.05, 0.1) is 9.38 Å². The fourth-order valence-corrected chi connectivity index (χ4v) is 4.37. The number of benzene rings is 2.